The van der Waals surface area contributed by atoms with Gasteiger partial charge < -0.3 is 44.7 Å². The fraction of sp³-hybridized carbons (Fsp3) is 0.386. The number of carboxylic acid groups (broad SMARTS) is 1. The molecular formula is C44H48N8O8. The van der Waals surface area contributed by atoms with Crippen LogP contribution in [0.25, 0.3) is 55.2 Å². The third-order valence-corrected chi connectivity index (χ3v) is 11.8. The van der Waals surface area contributed by atoms with Gasteiger partial charge in [0.05, 0.1) is 53.7 Å². The number of imidazole rings is 2. The SMILES string of the molecule is COC(=O)NC(C(=O)N1CCC[C@H]1c1ncc(-c2ccc3oc4ccc5cc(-c6cnc([C@@H]7CCCN7C(=O)C(NC(=O)O)C(C)C)[nH]6)ccc5c4c(=O)c3c2)[nH]1)C(C)C. The van der Waals surface area contributed by atoms with Crippen LogP contribution >= 0.6 is 0 Å². The van der Waals surface area contributed by atoms with Gasteiger partial charge in [-0.3, -0.25) is 14.4 Å². The first-order chi connectivity index (χ1) is 28.8. The lowest BCUT2D eigenvalue weighted by Gasteiger charge is -2.30. The molecule has 2 aliphatic heterocycles. The van der Waals surface area contributed by atoms with Gasteiger partial charge in [-0.05, 0) is 78.6 Å². The summed E-state index contributed by atoms with van der Waals surface area (Å²) in [6.07, 6.45) is 4.49. The zero-order valence-electron chi connectivity index (χ0n) is 34.1. The number of fused-ring (bicyclic) bond motifs is 4. The Kier molecular flexibility index (Phi) is 10.8. The fourth-order valence-electron chi connectivity index (χ4n) is 8.65. The number of rotatable bonds is 10. The number of alkyl carbamates (subject to hydrolysis) is 1. The molecule has 0 radical (unpaired) electrons. The number of nitrogens with one attached hydrogen (secondary N) is 4. The van der Waals surface area contributed by atoms with Crippen molar-refractivity contribution in [3.05, 3.63) is 82.8 Å². The van der Waals surface area contributed by atoms with Gasteiger partial charge >= 0.3 is 12.2 Å². The lowest BCUT2D eigenvalue weighted by Crippen LogP contribution is -2.51. The van der Waals surface area contributed by atoms with E-state index in [4.69, 9.17) is 9.15 Å². The Balaban J connectivity index is 1.06. The third kappa shape index (κ3) is 7.41. The summed E-state index contributed by atoms with van der Waals surface area (Å²) in [5, 5.41) is 16.8. The number of aromatic nitrogens is 4. The number of ether oxygens (including phenoxy) is 1. The standard InChI is InChI=1S/C44H48N8O8/c1-22(2)36(49-43(56)57)41(54)51-16-6-8-31(51)39-45-20-29(47-39)25-10-13-27-24(18-25)11-15-34-35(27)38(53)28-19-26(12-14-33(28)60-34)30-21-46-40(48-30)32-9-7-17-52(32)42(55)37(23(3)4)50-44(58)59-5/h10-15,18-23,31-32,36-37,49H,6-9,16-17H2,1-5H3,(H,45,47)(H,46,48)(H,50,58)(H,56,57)/t31-,32-,36?,37?/m0/s1. The number of methoxy groups -OCH3 is 1. The van der Waals surface area contributed by atoms with Crippen LogP contribution < -0.4 is 16.1 Å². The second-order valence-electron chi connectivity index (χ2n) is 16.3. The highest BCUT2D eigenvalue weighted by Gasteiger charge is 2.39. The van der Waals surface area contributed by atoms with E-state index in [0.717, 1.165) is 40.4 Å². The number of benzene rings is 3. The van der Waals surface area contributed by atoms with Gasteiger partial charge in [0.15, 0.2) is 0 Å². The summed E-state index contributed by atoms with van der Waals surface area (Å²) in [6.45, 7) is 8.41. The number of hydrogen-bond acceptors (Lipinski definition) is 9. The van der Waals surface area contributed by atoms with Gasteiger partial charge in [-0.15, -0.1) is 0 Å². The summed E-state index contributed by atoms with van der Waals surface area (Å²) >= 11 is 0. The first-order valence-electron chi connectivity index (χ1n) is 20.3. The topological polar surface area (TPSA) is 216 Å². The molecule has 4 amide bonds. The van der Waals surface area contributed by atoms with Crippen molar-refractivity contribution in [1.82, 2.24) is 40.4 Å². The molecule has 0 bridgehead atoms. The van der Waals surface area contributed by atoms with Gasteiger partial charge in [-0.2, -0.15) is 0 Å². The molecule has 0 spiro atoms. The molecular weight excluding hydrogens is 769 g/mol. The highest BCUT2D eigenvalue weighted by molar-refractivity contribution is 6.09. The number of hydrogen-bond donors (Lipinski definition) is 5. The molecule has 3 aromatic carbocycles. The zero-order chi connectivity index (χ0) is 42.4. The van der Waals surface area contributed by atoms with Gasteiger partial charge in [-0.1, -0.05) is 45.9 Å². The van der Waals surface area contributed by atoms with Crippen LogP contribution in [0.1, 0.15) is 77.1 Å². The van der Waals surface area contributed by atoms with Crippen molar-refractivity contribution >= 4 is 56.7 Å². The Bertz CT molecular complexity index is 2700. The lowest BCUT2D eigenvalue weighted by atomic mass is 10.00. The molecule has 2 unspecified atom stereocenters. The molecule has 16 heteroatoms. The van der Waals surface area contributed by atoms with Crippen molar-refractivity contribution in [3.63, 3.8) is 0 Å². The van der Waals surface area contributed by atoms with Crippen molar-refractivity contribution in [2.45, 2.75) is 77.5 Å². The molecule has 8 rings (SSSR count). The van der Waals surface area contributed by atoms with Crippen molar-refractivity contribution in [2.24, 2.45) is 11.8 Å². The largest absolute Gasteiger partial charge is 0.465 e. The maximum absolute atomic E-state index is 14.3. The maximum atomic E-state index is 14.3. The van der Waals surface area contributed by atoms with Crippen molar-refractivity contribution < 1.29 is 33.4 Å². The van der Waals surface area contributed by atoms with Crippen molar-refractivity contribution in [2.75, 3.05) is 20.2 Å². The summed E-state index contributed by atoms with van der Waals surface area (Å²) < 4.78 is 11.1. The molecule has 16 nitrogen and oxygen atoms in total. The molecule has 6 aromatic rings. The maximum Gasteiger partial charge on any atom is 0.407 e. The number of likely N-dealkylation sites (tertiary alicyclic amines) is 2. The predicted octanol–water partition coefficient (Wildman–Crippen LogP) is 6.88. The summed E-state index contributed by atoms with van der Waals surface area (Å²) in [6, 6.07) is 12.7. The van der Waals surface area contributed by atoms with Crippen LogP contribution in [0, 0.1) is 11.8 Å². The number of aromatic amines is 2. The number of nitrogens with zero attached hydrogens (tertiary/aromatic N) is 4. The number of amides is 4. The highest BCUT2D eigenvalue weighted by Crippen LogP contribution is 2.36. The first kappa shape index (κ1) is 40.1. The van der Waals surface area contributed by atoms with E-state index in [1.54, 1.807) is 40.4 Å². The fourth-order valence-corrected chi connectivity index (χ4v) is 8.65. The van der Waals surface area contributed by atoms with Crippen molar-refractivity contribution in [3.8, 4) is 22.5 Å². The smallest absolute Gasteiger partial charge is 0.407 e. The number of carbonyl (C=O) groups is 4. The molecule has 5 N–H and O–H groups in total. The normalized spacial score (nSPS) is 17.9. The minimum atomic E-state index is -1.24. The van der Waals surface area contributed by atoms with Crippen LogP contribution in [0.3, 0.4) is 0 Å². The Morgan fingerprint density at radius 2 is 1.32 bits per heavy atom. The van der Waals surface area contributed by atoms with Gasteiger partial charge in [0.1, 0.15) is 34.9 Å². The average Bonchev–Trinajstić information content (AvgIpc) is 4.08. The highest BCUT2D eigenvalue weighted by atomic mass is 16.5. The molecule has 60 heavy (non-hydrogen) atoms. The van der Waals surface area contributed by atoms with Crippen LogP contribution in [0.2, 0.25) is 0 Å². The summed E-state index contributed by atoms with van der Waals surface area (Å²) in [7, 11) is 1.27. The lowest BCUT2D eigenvalue weighted by molar-refractivity contribution is -0.136. The molecule has 5 heterocycles. The van der Waals surface area contributed by atoms with E-state index >= 15 is 0 Å². The van der Waals surface area contributed by atoms with E-state index in [2.05, 4.69) is 30.6 Å². The second-order valence-corrected chi connectivity index (χ2v) is 16.3. The molecule has 312 valence electrons. The van der Waals surface area contributed by atoms with Crippen LogP contribution in [-0.2, 0) is 14.3 Å². The zero-order valence-corrected chi connectivity index (χ0v) is 34.1. The molecule has 2 saturated heterocycles. The summed E-state index contributed by atoms with van der Waals surface area (Å²) in [5.74, 6) is 0.403. The van der Waals surface area contributed by atoms with E-state index < -0.39 is 24.3 Å². The van der Waals surface area contributed by atoms with E-state index in [1.165, 1.54) is 7.11 Å². The molecule has 0 aliphatic carbocycles. The van der Waals surface area contributed by atoms with E-state index in [1.807, 2.05) is 58.0 Å². The minimum Gasteiger partial charge on any atom is -0.465 e. The molecule has 2 fully saturated rings. The van der Waals surface area contributed by atoms with Crippen LogP contribution in [0.5, 0.6) is 0 Å². The summed E-state index contributed by atoms with van der Waals surface area (Å²) in [4.78, 5) is 84.5. The van der Waals surface area contributed by atoms with Gasteiger partial charge in [0.25, 0.3) is 0 Å². The Morgan fingerprint density at radius 1 is 0.767 bits per heavy atom. The molecule has 2 aliphatic rings. The van der Waals surface area contributed by atoms with Crippen LogP contribution in [0.15, 0.2) is 70.1 Å². The van der Waals surface area contributed by atoms with Gasteiger partial charge in [0, 0.05) is 24.2 Å². The first-order valence-corrected chi connectivity index (χ1v) is 20.3. The Labute approximate surface area is 344 Å². The predicted molar refractivity (Wildman–Crippen MR) is 224 cm³/mol. The number of H-pyrrole nitrogens is 2. The Hall–Kier alpha value is -6.71. The van der Waals surface area contributed by atoms with Crippen LogP contribution in [-0.4, -0.2) is 91.1 Å². The second kappa shape index (κ2) is 16.2. The van der Waals surface area contributed by atoms with Gasteiger partial charge in [0.2, 0.25) is 17.2 Å². The molecule has 4 atom stereocenters. The van der Waals surface area contributed by atoms with Crippen LogP contribution in [0.4, 0.5) is 9.59 Å². The average molecular weight is 817 g/mol. The Morgan fingerprint density at radius 3 is 1.88 bits per heavy atom. The monoisotopic (exact) mass is 816 g/mol. The van der Waals surface area contributed by atoms with E-state index in [0.29, 0.717) is 65.2 Å². The third-order valence-electron chi connectivity index (χ3n) is 11.8. The van der Waals surface area contributed by atoms with E-state index in [-0.39, 0.29) is 41.2 Å². The quantitative estimate of drug-likeness (QED) is 0.0714. The van der Waals surface area contributed by atoms with E-state index in [9.17, 15) is 29.1 Å². The number of carbonyl (C=O) groups excluding carboxylic acids is 3. The van der Waals surface area contributed by atoms with Crippen molar-refractivity contribution in [1.29, 1.82) is 0 Å². The summed E-state index contributed by atoms with van der Waals surface area (Å²) in [5.41, 5.74) is 3.73. The minimum absolute atomic E-state index is 0.155. The van der Waals surface area contributed by atoms with Gasteiger partial charge in [-0.25, -0.2) is 19.6 Å². The molecule has 3 aromatic heterocycles. The molecule has 0 saturated carbocycles.